The molecule has 5 fully saturated rings. The van der Waals surface area contributed by atoms with Crippen LogP contribution in [0.5, 0.6) is 0 Å². The summed E-state index contributed by atoms with van der Waals surface area (Å²) in [5.41, 5.74) is 0. The van der Waals surface area contributed by atoms with Crippen molar-refractivity contribution in [2.75, 3.05) is 0 Å². The van der Waals surface area contributed by atoms with Crippen LogP contribution in [0.1, 0.15) is 6.42 Å². The van der Waals surface area contributed by atoms with Crippen molar-refractivity contribution in [3.63, 3.8) is 0 Å². The highest BCUT2D eigenvalue weighted by molar-refractivity contribution is 5.08. The zero-order chi connectivity index (χ0) is 8.15. The van der Waals surface area contributed by atoms with Crippen molar-refractivity contribution in [2.24, 2.45) is 23.7 Å². The first kappa shape index (κ1) is 6.35. The van der Waals surface area contributed by atoms with Crippen LogP contribution in [0.15, 0.2) is 0 Å². The molecule has 13 heavy (non-hydrogen) atoms. The minimum Gasteiger partial charge on any atom is -0.323 e. The van der Waals surface area contributed by atoms with Crippen LogP contribution >= 0.6 is 0 Å². The van der Waals surface area contributed by atoms with Gasteiger partial charge in [-0.2, -0.15) is 0 Å². The lowest BCUT2D eigenvalue weighted by Gasteiger charge is -2.31. The van der Waals surface area contributed by atoms with E-state index in [4.69, 9.17) is 18.9 Å². The molecule has 5 rings (SSSR count). The third-order valence-corrected chi connectivity index (χ3v) is 4.38. The smallest absolute Gasteiger partial charge is 0.167 e. The third-order valence-electron chi connectivity index (χ3n) is 4.38. The Hall–Kier alpha value is -0.160. The lowest BCUT2D eigenvalue weighted by molar-refractivity contribution is -0.349. The molecule has 4 saturated heterocycles. The van der Waals surface area contributed by atoms with Crippen molar-refractivity contribution < 1.29 is 18.9 Å². The summed E-state index contributed by atoms with van der Waals surface area (Å²) in [6.45, 7) is 0. The number of rotatable bonds is 0. The fourth-order valence-electron chi connectivity index (χ4n) is 3.97. The van der Waals surface area contributed by atoms with Crippen LogP contribution in [0.25, 0.3) is 0 Å². The first-order valence-corrected chi connectivity index (χ1v) is 5.04. The van der Waals surface area contributed by atoms with E-state index < -0.39 is 0 Å². The Bertz CT molecular complexity index is 261. The summed E-state index contributed by atoms with van der Waals surface area (Å²) in [6.07, 6.45) is 1.08. The maximum absolute atomic E-state index is 5.73. The molecule has 1 saturated carbocycles. The maximum Gasteiger partial charge on any atom is 0.167 e. The molecule has 2 bridgehead atoms. The average Bonchev–Trinajstić information content (AvgIpc) is 2.73. The molecule has 0 amide bonds. The highest BCUT2D eigenvalue weighted by Crippen LogP contribution is 2.65. The minimum atomic E-state index is -0.0394. The van der Waals surface area contributed by atoms with Gasteiger partial charge < -0.3 is 18.9 Å². The Morgan fingerprint density at radius 3 is 1.69 bits per heavy atom. The Kier molecular flexibility index (Phi) is 0.817. The van der Waals surface area contributed by atoms with Gasteiger partial charge in [-0.25, -0.2) is 0 Å². The maximum atomic E-state index is 5.73. The van der Waals surface area contributed by atoms with E-state index in [2.05, 4.69) is 0 Å². The summed E-state index contributed by atoms with van der Waals surface area (Å²) in [5, 5.41) is 0. The highest BCUT2D eigenvalue weighted by atomic mass is 16.9. The summed E-state index contributed by atoms with van der Waals surface area (Å²) in [6, 6.07) is 0. The Morgan fingerprint density at radius 2 is 1.08 bits per heavy atom. The molecule has 5 aliphatic rings. The van der Waals surface area contributed by atoms with Crippen molar-refractivity contribution in [3.8, 4) is 0 Å². The van der Waals surface area contributed by atoms with Crippen molar-refractivity contribution in [3.05, 3.63) is 0 Å². The molecule has 4 aliphatic heterocycles. The molecular formula is C9H10O4. The first-order valence-electron chi connectivity index (χ1n) is 5.04. The van der Waals surface area contributed by atoms with Gasteiger partial charge in [0.25, 0.3) is 0 Å². The quantitative estimate of drug-likeness (QED) is 0.539. The SMILES string of the molecule is C1[C@@H]2[C@@H]3O[C@H]4O[C@H]5O[C@@H](O3)[C@@H]2[C@H]5[C@@H]14. The zero-order valence-electron chi connectivity index (χ0n) is 6.96. The predicted octanol–water partition coefficient (Wildman–Crippen LogP) is 0.280. The van der Waals surface area contributed by atoms with Crippen LogP contribution < -0.4 is 0 Å². The van der Waals surface area contributed by atoms with Crippen LogP contribution in [0.3, 0.4) is 0 Å². The Morgan fingerprint density at radius 1 is 0.615 bits per heavy atom. The molecule has 70 valence electrons. The predicted molar refractivity (Wildman–Crippen MR) is 38.1 cm³/mol. The van der Waals surface area contributed by atoms with Gasteiger partial charge in [0.1, 0.15) is 0 Å². The van der Waals surface area contributed by atoms with Gasteiger partial charge in [0.2, 0.25) is 0 Å². The molecule has 8 atom stereocenters. The van der Waals surface area contributed by atoms with Crippen LogP contribution in [0.2, 0.25) is 0 Å². The molecule has 0 radical (unpaired) electrons. The van der Waals surface area contributed by atoms with E-state index in [0.717, 1.165) is 0 Å². The molecule has 4 nitrogen and oxygen atoms in total. The molecule has 0 unspecified atom stereocenters. The summed E-state index contributed by atoms with van der Waals surface area (Å²) in [5.74, 6) is 2.30. The van der Waals surface area contributed by atoms with E-state index in [9.17, 15) is 0 Å². The normalized spacial score (nSPS) is 75.7. The number of hydrogen-bond acceptors (Lipinski definition) is 4. The number of hydrogen-bond donors (Lipinski definition) is 0. The van der Waals surface area contributed by atoms with E-state index in [-0.39, 0.29) is 25.2 Å². The molecule has 0 N–H and O–H groups in total. The molecule has 1 aliphatic carbocycles. The Balaban J connectivity index is 1.79. The van der Waals surface area contributed by atoms with Gasteiger partial charge in [0.15, 0.2) is 25.2 Å². The van der Waals surface area contributed by atoms with E-state index in [1.807, 2.05) is 0 Å². The van der Waals surface area contributed by atoms with Crippen molar-refractivity contribution in [1.82, 2.24) is 0 Å². The van der Waals surface area contributed by atoms with E-state index in [1.54, 1.807) is 0 Å². The molecule has 0 spiro atoms. The van der Waals surface area contributed by atoms with Crippen molar-refractivity contribution in [1.29, 1.82) is 0 Å². The van der Waals surface area contributed by atoms with Gasteiger partial charge in [0, 0.05) is 23.7 Å². The minimum absolute atomic E-state index is 0.0313. The first-order chi connectivity index (χ1) is 6.42. The average molecular weight is 182 g/mol. The zero-order valence-corrected chi connectivity index (χ0v) is 6.96. The third kappa shape index (κ3) is 0.501. The molecule has 0 aromatic rings. The topological polar surface area (TPSA) is 36.9 Å². The van der Waals surface area contributed by atoms with Gasteiger partial charge in [-0.3, -0.25) is 0 Å². The fourth-order valence-corrected chi connectivity index (χ4v) is 3.97. The van der Waals surface area contributed by atoms with E-state index in [0.29, 0.717) is 23.7 Å². The van der Waals surface area contributed by atoms with Gasteiger partial charge >= 0.3 is 0 Å². The molecular weight excluding hydrogens is 172 g/mol. The van der Waals surface area contributed by atoms with Gasteiger partial charge in [-0.05, 0) is 6.42 Å². The molecule has 4 heterocycles. The summed E-state index contributed by atoms with van der Waals surface area (Å²) in [4.78, 5) is 0. The van der Waals surface area contributed by atoms with Crippen molar-refractivity contribution >= 4 is 0 Å². The van der Waals surface area contributed by atoms with Gasteiger partial charge in [0.05, 0.1) is 0 Å². The van der Waals surface area contributed by atoms with Crippen LogP contribution in [-0.4, -0.2) is 25.2 Å². The summed E-state index contributed by atoms with van der Waals surface area (Å²) >= 11 is 0. The van der Waals surface area contributed by atoms with Crippen molar-refractivity contribution in [2.45, 2.75) is 31.6 Å². The second-order valence-corrected chi connectivity index (χ2v) is 4.74. The highest BCUT2D eigenvalue weighted by Gasteiger charge is 2.72. The summed E-state index contributed by atoms with van der Waals surface area (Å²) in [7, 11) is 0. The lowest BCUT2D eigenvalue weighted by atomic mass is 9.91. The standard InChI is InChI=1S/C9H10O4/c1-2-4-5-3(1)7-10-6(2)11-8(4)13-9(5)12-7/h2-9H,1H2/t2-,3+,4-,5+,6+,7-,8+,9-. The fraction of sp³-hybridized carbons (Fsp3) is 1.00. The number of ether oxygens (including phenoxy) is 4. The van der Waals surface area contributed by atoms with E-state index in [1.165, 1.54) is 6.42 Å². The molecule has 0 aromatic carbocycles. The van der Waals surface area contributed by atoms with Crippen LogP contribution in [0.4, 0.5) is 0 Å². The van der Waals surface area contributed by atoms with Gasteiger partial charge in [-0.15, -0.1) is 0 Å². The lowest BCUT2D eigenvalue weighted by Crippen LogP contribution is -2.37. The second kappa shape index (κ2) is 1.67. The van der Waals surface area contributed by atoms with Gasteiger partial charge in [-0.1, -0.05) is 0 Å². The summed E-state index contributed by atoms with van der Waals surface area (Å²) < 4.78 is 22.8. The monoisotopic (exact) mass is 182 g/mol. The largest absolute Gasteiger partial charge is 0.323 e. The van der Waals surface area contributed by atoms with Crippen LogP contribution in [0, 0.1) is 23.7 Å². The van der Waals surface area contributed by atoms with E-state index >= 15 is 0 Å². The molecule has 0 aromatic heterocycles. The molecule has 4 heteroatoms. The Labute approximate surface area is 75.1 Å². The second-order valence-electron chi connectivity index (χ2n) is 4.74. The van der Waals surface area contributed by atoms with Crippen LogP contribution in [-0.2, 0) is 18.9 Å².